The third-order valence-electron chi connectivity index (χ3n) is 3.84. The third-order valence-corrected chi connectivity index (χ3v) is 3.84. The van der Waals surface area contributed by atoms with Crippen LogP contribution in [-0.2, 0) is 17.9 Å². The summed E-state index contributed by atoms with van der Waals surface area (Å²) in [6.07, 6.45) is 5.57. The highest BCUT2D eigenvalue weighted by Gasteiger charge is 2.10. The van der Waals surface area contributed by atoms with Crippen molar-refractivity contribution in [3.05, 3.63) is 35.4 Å². The van der Waals surface area contributed by atoms with Crippen molar-refractivity contribution in [1.82, 2.24) is 10.2 Å². The second-order valence-electron chi connectivity index (χ2n) is 5.68. The number of nitrogens with one attached hydrogen (secondary N) is 1. The molecule has 0 unspecified atom stereocenters. The zero-order valence-electron chi connectivity index (χ0n) is 12.5. The molecule has 1 N–H and O–H groups in total. The van der Waals surface area contributed by atoms with Gasteiger partial charge in [0.1, 0.15) is 0 Å². The summed E-state index contributed by atoms with van der Waals surface area (Å²) in [6, 6.07) is 8.64. The quantitative estimate of drug-likeness (QED) is 0.864. The number of nitrogens with zero attached hydrogens (tertiary/aromatic N) is 1. The Morgan fingerprint density at radius 2 is 1.75 bits per heavy atom. The van der Waals surface area contributed by atoms with Crippen LogP contribution in [-0.4, -0.2) is 23.9 Å². The van der Waals surface area contributed by atoms with Crippen molar-refractivity contribution in [1.29, 1.82) is 0 Å². The largest absolute Gasteiger partial charge is 0.352 e. The zero-order valence-corrected chi connectivity index (χ0v) is 12.5. The summed E-state index contributed by atoms with van der Waals surface area (Å²) in [7, 11) is 0. The lowest BCUT2D eigenvalue weighted by atomic mass is 10.1. The average Bonchev–Trinajstić information content (AvgIpc) is 2.48. The van der Waals surface area contributed by atoms with E-state index in [1.54, 1.807) is 0 Å². The Morgan fingerprint density at radius 3 is 2.40 bits per heavy atom. The minimum atomic E-state index is 0.143. The summed E-state index contributed by atoms with van der Waals surface area (Å²) >= 11 is 0. The number of amides is 1. The maximum atomic E-state index is 11.4. The van der Waals surface area contributed by atoms with E-state index in [2.05, 4.69) is 34.5 Å². The molecule has 110 valence electrons. The highest BCUT2D eigenvalue weighted by molar-refractivity contribution is 5.75. The Hall–Kier alpha value is -1.35. The van der Waals surface area contributed by atoms with Crippen LogP contribution in [0.1, 0.15) is 50.2 Å². The molecular weight excluding hydrogens is 248 g/mol. The first kappa shape index (κ1) is 15.0. The van der Waals surface area contributed by atoms with E-state index < -0.39 is 0 Å². The number of carbonyl (C=O) groups is 1. The second-order valence-corrected chi connectivity index (χ2v) is 5.68. The Bertz CT molecular complexity index is 408. The molecule has 1 amide bonds. The van der Waals surface area contributed by atoms with Gasteiger partial charge in [-0.15, -0.1) is 0 Å². The third kappa shape index (κ3) is 4.97. The van der Waals surface area contributed by atoms with Crippen molar-refractivity contribution < 1.29 is 4.79 Å². The van der Waals surface area contributed by atoms with E-state index in [1.807, 2.05) is 6.92 Å². The van der Waals surface area contributed by atoms with E-state index in [9.17, 15) is 4.79 Å². The lowest BCUT2D eigenvalue weighted by Gasteiger charge is -2.26. The fourth-order valence-corrected chi connectivity index (χ4v) is 2.65. The van der Waals surface area contributed by atoms with Gasteiger partial charge in [0, 0.05) is 19.5 Å². The van der Waals surface area contributed by atoms with Crippen LogP contribution in [0.3, 0.4) is 0 Å². The van der Waals surface area contributed by atoms with Gasteiger partial charge in [-0.05, 0) is 43.5 Å². The molecule has 1 fully saturated rings. The molecule has 1 aromatic rings. The second kappa shape index (κ2) is 8.05. The number of piperidine rings is 1. The summed E-state index contributed by atoms with van der Waals surface area (Å²) in [5.41, 5.74) is 2.55. The number of likely N-dealkylation sites (tertiary alicyclic amines) is 1. The minimum absolute atomic E-state index is 0.143. The normalized spacial score (nSPS) is 16.1. The van der Waals surface area contributed by atoms with Gasteiger partial charge in [0.25, 0.3) is 0 Å². The molecule has 3 heteroatoms. The first-order valence-corrected chi connectivity index (χ1v) is 7.85. The first-order chi connectivity index (χ1) is 9.78. The van der Waals surface area contributed by atoms with Gasteiger partial charge in [-0.25, -0.2) is 0 Å². The molecule has 0 saturated carbocycles. The highest BCUT2D eigenvalue weighted by Crippen LogP contribution is 2.13. The Kier molecular flexibility index (Phi) is 6.06. The van der Waals surface area contributed by atoms with E-state index in [0.717, 1.165) is 13.0 Å². The number of benzene rings is 1. The molecule has 3 nitrogen and oxygen atoms in total. The molecule has 1 saturated heterocycles. The number of rotatable bonds is 6. The minimum Gasteiger partial charge on any atom is -0.352 e. The fraction of sp³-hybridized carbons (Fsp3) is 0.588. The van der Waals surface area contributed by atoms with Gasteiger partial charge in [0.05, 0.1) is 0 Å². The summed E-state index contributed by atoms with van der Waals surface area (Å²) in [5, 5.41) is 2.95. The average molecular weight is 274 g/mol. The summed E-state index contributed by atoms with van der Waals surface area (Å²) in [4.78, 5) is 14.0. The molecule has 0 radical (unpaired) electrons. The smallest absolute Gasteiger partial charge is 0.220 e. The van der Waals surface area contributed by atoms with E-state index in [4.69, 9.17) is 0 Å². The SMILES string of the molecule is CCCC(=O)NCc1ccc(CN2CCCCC2)cc1. The van der Waals surface area contributed by atoms with E-state index in [1.165, 1.54) is 43.5 Å². The Balaban J connectivity index is 1.78. The van der Waals surface area contributed by atoms with Crippen molar-refractivity contribution in [2.45, 2.75) is 52.1 Å². The van der Waals surface area contributed by atoms with Crippen molar-refractivity contribution in [2.75, 3.05) is 13.1 Å². The van der Waals surface area contributed by atoms with Gasteiger partial charge in [0.2, 0.25) is 5.91 Å². The molecule has 0 spiro atoms. The van der Waals surface area contributed by atoms with Crippen molar-refractivity contribution in [2.24, 2.45) is 0 Å². The van der Waals surface area contributed by atoms with Crippen LogP contribution in [0.15, 0.2) is 24.3 Å². The van der Waals surface area contributed by atoms with Crippen molar-refractivity contribution in [3.63, 3.8) is 0 Å². The lowest BCUT2D eigenvalue weighted by molar-refractivity contribution is -0.121. The van der Waals surface area contributed by atoms with E-state index in [0.29, 0.717) is 13.0 Å². The van der Waals surface area contributed by atoms with Gasteiger partial charge in [0.15, 0.2) is 0 Å². The van der Waals surface area contributed by atoms with Crippen LogP contribution < -0.4 is 5.32 Å². The van der Waals surface area contributed by atoms with Gasteiger partial charge in [-0.1, -0.05) is 37.6 Å². The molecule has 2 rings (SSSR count). The number of hydrogen-bond acceptors (Lipinski definition) is 2. The molecule has 0 aromatic heterocycles. The van der Waals surface area contributed by atoms with E-state index in [-0.39, 0.29) is 5.91 Å². The number of hydrogen-bond donors (Lipinski definition) is 1. The molecular formula is C17H26N2O. The van der Waals surface area contributed by atoms with Crippen LogP contribution in [0.5, 0.6) is 0 Å². The standard InChI is InChI=1S/C17H26N2O/c1-2-6-17(20)18-13-15-7-9-16(10-8-15)14-19-11-4-3-5-12-19/h7-10H,2-6,11-14H2,1H3,(H,18,20). The monoisotopic (exact) mass is 274 g/mol. The topological polar surface area (TPSA) is 32.3 Å². The summed E-state index contributed by atoms with van der Waals surface area (Å²) in [5.74, 6) is 0.143. The van der Waals surface area contributed by atoms with E-state index >= 15 is 0 Å². The Labute approximate surface area is 122 Å². The highest BCUT2D eigenvalue weighted by atomic mass is 16.1. The summed E-state index contributed by atoms with van der Waals surface area (Å²) < 4.78 is 0. The van der Waals surface area contributed by atoms with Crippen LogP contribution in [0, 0.1) is 0 Å². The Morgan fingerprint density at radius 1 is 1.10 bits per heavy atom. The van der Waals surface area contributed by atoms with Crippen molar-refractivity contribution >= 4 is 5.91 Å². The predicted octanol–water partition coefficient (Wildman–Crippen LogP) is 3.09. The molecule has 20 heavy (non-hydrogen) atoms. The number of carbonyl (C=O) groups excluding carboxylic acids is 1. The van der Waals surface area contributed by atoms with Gasteiger partial charge >= 0.3 is 0 Å². The molecule has 0 atom stereocenters. The molecule has 1 aliphatic heterocycles. The van der Waals surface area contributed by atoms with Crippen molar-refractivity contribution in [3.8, 4) is 0 Å². The molecule has 1 aromatic carbocycles. The first-order valence-electron chi connectivity index (χ1n) is 7.85. The van der Waals surface area contributed by atoms with Gasteiger partial charge in [-0.2, -0.15) is 0 Å². The fourth-order valence-electron chi connectivity index (χ4n) is 2.65. The summed E-state index contributed by atoms with van der Waals surface area (Å²) in [6.45, 7) is 6.18. The van der Waals surface area contributed by atoms with Crippen LogP contribution in [0.2, 0.25) is 0 Å². The van der Waals surface area contributed by atoms with Crippen LogP contribution in [0.25, 0.3) is 0 Å². The van der Waals surface area contributed by atoms with Gasteiger partial charge in [-0.3, -0.25) is 9.69 Å². The molecule has 0 bridgehead atoms. The van der Waals surface area contributed by atoms with Gasteiger partial charge < -0.3 is 5.32 Å². The lowest BCUT2D eigenvalue weighted by Crippen LogP contribution is -2.29. The molecule has 1 aliphatic rings. The maximum absolute atomic E-state index is 11.4. The predicted molar refractivity (Wildman–Crippen MR) is 82.3 cm³/mol. The molecule has 0 aliphatic carbocycles. The zero-order chi connectivity index (χ0) is 14.2. The van der Waals surface area contributed by atoms with Crippen LogP contribution >= 0.6 is 0 Å². The molecule has 1 heterocycles. The maximum Gasteiger partial charge on any atom is 0.220 e. The van der Waals surface area contributed by atoms with Crippen LogP contribution in [0.4, 0.5) is 0 Å².